The minimum Gasteiger partial charge on any atom is -0.325 e. The van der Waals surface area contributed by atoms with E-state index >= 15 is 0 Å². The second-order valence-corrected chi connectivity index (χ2v) is 6.47. The highest BCUT2D eigenvalue weighted by Crippen LogP contribution is 2.23. The van der Waals surface area contributed by atoms with Crippen LogP contribution < -0.4 is 10.6 Å². The van der Waals surface area contributed by atoms with Crippen LogP contribution in [0.1, 0.15) is 17.5 Å². The fourth-order valence-electron chi connectivity index (χ4n) is 2.04. The molecule has 0 saturated heterocycles. The van der Waals surface area contributed by atoms with Gasteiger partial charge in [0.2, 0.25) is 11.8 Å². The smallest absolute Gasteiger partial charge is 0.233 e. The van der Waals surface area contributed by atoms with Gasteiger partial charge in [0, 0.05) is 20.9 Å². The lowest BCUT2D eigenvalue weighted by molar-refractivity contribution is -0.123. The molecule has 6 heteroatoms. The number of rotatable bonds is 4. The summed E-state index contributed by atoms with van der Waals surface area (Å²) < 4.78 is 0.933. The van der Waals surface area contributed by atoms with E-state index < -0.39 is 0 Å². The molecule has 0 bridgehead atoms. The molecule has 23 heavy (non-hydrogen) atoms. The molecular weight excluding hydrogens is 380 g/mol. The number of hydrogen-bond donors (Lipinski definition) is 2. The van der Waals surface area contributed by atoms with E-state index in [2.05, 4.69) is 26.6 Å². The largest absolute Gasteiger partial charge is 0.325 e. The maximum absolute atomic E-state index is 12.0. The van der Waals surface area contributed by atoms with Crippen LogP contribution in [0, 0.1) is 13.8 Å². The third-order valence-corrected chi connectivity index (χ3v) is 4.23. The van der Waals surface area contributed by atoms with Gasteiger partial charge in [0.15, 0.2) is 0 Å². The highest BCUT2D eigenvalue weighted by atomic mass is 79.9. The summed E-state index contributed by atoms with van der Waals surface area (Å²) in [5.74, 6) is -0.754. The zero-order valence-corrected chi connectivity index (χ0v) is 15.1. The second-order valence-electron chi connectivity index (χ2n) is 5.14. The summed E-state index contributed by atoms with van der Waals surface area (Å²) in [6.07, 6.45) is -0.262. The molecule has 2 N–H and O–H groups in total. The third kappa shape index (κ3) is 4.81. The van der Waals surface area contributed by atoms with Crippen molar-refractivity contribution in [3.05, 3.63) is 57.0 Å². The highest BCUT2D eigenvalue weighted by Gasteiger charge is 2.12. The Morgan fingerprint density at radius 1 is 1.04 bits per heavy atom. The fourth-order valence-corrected chi connectivity index (χ4v) is 2.69. The molecule has 0 aliphatic carbocycles. The first-order valence-electron chi connectivity index (χ1n) is 6.98. The summed E-state index contributed by atoms with van der Waals surface area (Å²) in [6.45, 7) is 3.69. The monoisotopic (exact) mass is 394 g/mol. The van der Waals surface area contributed by atoms with Gasteiger partial charge in [-0.1, -0.05) is 33.6 Å². The van der Waals surface area contributed by atoms with Crippen LogP contribution in [-0.4, -0.2) is 11.8 Å². The van der Waals surface area contributed by atoms with Crippen molar-refractivity contribution in [2.24, 2.45) is 0 Å². The summed E-state index contributed by atoms with van der Waals surface area (Å²) in [4.78, 5) is 24.0. The van der Waals surface area contributed by atoms with E-state index in [9.17, 15) is 9.59 Å². The minimum absolute atomic E-state index is 0.262. The van der Waals surface area contributed by atoms with Crippen molar-refractivity contribution in [1.82, 2.24) is 0 Å². The molecule has 4 nitrogen and oxygen atoms in total. The average Bonchev–Trinajstić information content (AvgIpc) is 2.47. The Labute approximate surface area is 148 Å². The molecule has 0 radical (unpaired) electrons. The molecule has 2 aromatic carbocycles. The van der Waals surface area contributed by atoms with Gasteiger partial charge in [-0.15, -0.1) is 0 Å². The predicted octanol–water partition coefficient (Wildman–Crippen LogP) is 4.69. The normalized spacial score (nSPS) is 10.3. The Bertz CT molecular complexity index is 762. The Hall–Kier alpha value is -1.85. The van der Waals surface area contributed by atoms with Gasteiger partial charge in [0.25, 0.3) is 0 Å². The summed E-state index contributed by atoms with van der Waals surface area (Å²) in [5, 5.41) is 6.00. The van der Waals surface area contributed by atoms with Crippen molar-refractivity contribution < 1.29 is 9.59 Å². The van der Waals surface area contributed by atoms with Crippen LogP contribution in [0.3, 0.4) is 0 Å². The highest BCUT2D eigenvalue weighted by molar-refractivity contribution is 9.10. The van der Waals surface area contributed by atoms with E-state index in [1.54, 1.807) is 24.3 Å². The Kier molecular flexibility index (Phi) is 5.80. The molecule has 0 aliphatic rings. The standard InChI is InChI=1S/C17H16BrClN2O2/c1-10-8-12(18)6-7-14(10)20-16(22)9-17(23)21-15-5-3-4-13(19)11(15)2/h3-8H,9H2,1-2H3,(H,20,22)(H,21,23). The summed E-state index contributed by atoms with van der Waals surface area (Å²) >= 11 is 9.37. The summed E-state index contributed by atoms with van der Waals surface area (Å²) in [7, 11) is 0. The SMILES string of the molecule is Cc1cc(Br)ccc1NC(=O)CC(=O)Nc1cccc(Cl)c1C. The number of anilines is 2. The van der Waals surface area contributed by atoms with Gasteiger partial charge in [-0.3, -0.25) is 9.59 Å². The number of aryl methyl sites for hydroxylation is 1. The van der Waals surface area contributed by atoms with Gasteiger partial charge in [-0.05, 0) is 55.3 Å². The number of carbonyl (C=O) groups is 2. The number of benzene rings is 2. The molecule has 2 amide bonds. The van der Waals surface area contributed by atoms with Gasteiger partial charge in [0.05, 0.1) is 0 Å². The molecular formula is C17H16BrClN2O2. The second kappa shape index (κ2) is 7.62. The van der Waals surface area contributed by atoms with E-state index in [1.165, 1.54) is 0 Å². The lowest BCUT2D eigenvalue weighted by Crippen LogP contribution is -2.22. The van der Waals surface area contributed by atoms with E-state index in [4.69, 9.17) is 11.6 Å². The average molecular weight is 396 g/mol. The zero-order chi connectivity index (χ0) is 17.0. The lowest BCUT2D eigenvalue weighted by atomic mass is 10.2. The first-order valence-corrected chi connectivity index (χ1v) is 8.15. The van der Waals surface area contributed by atoms with E-state index in [-0.39, 0.29) is 18.2 Å². The molecule has 0 fully saturated rings. The van der Waals surface area contributed by atoms with Gasteiger partial charge in [-0.2, -0.15) is 0 Å². The van der Waals surface area contributed by atoms with Crippen molar-refractivity contribution in [2.75, 3.05) is 10.6 Å². The van der Waals surface area contributed by atoms with Crippen molar-refractivity contribution in [2.45, 2.75) is 20.3 Å². The molecule has 0 saturated carbocycles. The van der Waals surface area contributed by atoms with Crippen LogP contribution in [0.4, 0.5) is 11.4 Å². The molecule has 0 aromatic heterocycles. The number of nitrogens with one attached hydrogen (secondary N) is 2. The van der Waals surface area contributed by atoms with E-state index in [0.717, 1.165) is 15.6 Å². The Morgan fingerprint density at radius 3 is 2.35 bits per heavy atom. The molecule has 2 aromatic rings. The van der Waals surface area contributed by atoms with Crippen molar-refractivity contribution >= 4 is 50.7 Å². The van der Waals surface area contributed by atoms with Gasteiger partial charge >= 0.3 is 0 Å². The molecule has 0 unspecified atom stereocenters. The van der Waals surface area contributed by atoms with Gasteiger partial charge < -0.3 is 10.6 Å². The maximum atomic E-state index is 12.0. The Morgan fingerprint density at radius 2 is 1.70 bits per heavy atom. The van der Waals surface area contributed by atoms with Crippen LogP contribution in [-0.2, 0) is 9.59 Å². The molecule has 2 rings (SSSR count). The quantitative estimate of drug-likeness (QED) is 0.738. The molecule has 120 valence electrons. The Balaban J connectivity index is 1.97. The van der Waals surface area contributed by atoms with Crippen molar-refractivity contribution in [1.29, 1.82) is 0 Å². The van der Waals surface area contributed by atoms with Crippen LogP contribution in [0.15, 0.2) is 40.9 Å². The molecule has 0 atom stereocenters. The van der Waals surface area contributed by atoms with Crippen LogP contribution in [0.5, 0.6) is 0 Å². The fraction of sp³-hybridized carbons (Fsp3) is 0.176. The first-order chi connectivity index (χ1) is 10.9. The van der Waals surface area contributed by atoms with Crippen LogP contribution in [0.2, 0.25) is 5.02 Å². The van der Waals surface area contributed by atoms with E-state index in [1.807, 2.05) is 26.0 Å². The summed E-state index contributed by atoms with van der Waals surface area (Å²) in [6, 6.07) is 10.8. The third-order valence-electron chi connectivity index (χ3n) is 3.33. The minimum atomic E-state index is -0.386. The first kappa shape index (κ1) is 17.5. The lowest BCUT2D eigenvalue weighted by Gasteiger charge is -2.11. The van der Waals surface area contributed by atoms with Crippen LogP contribution >= 0.6 is 27.5 Å². The zero-order valence-electron chi connectivity index (χ0n) is 12.7. The number of halogens is 2. The van der Waals surface area contributed by atoms with Gasteiger partial charge in [-0.25, -0.2) is 0 Å². The van der Waals surface area contributed by atoms with Crippen molar-refractivity contribution in [3.63, 3.8) is 0 Å². The number of amides is 2. The number of carbonyl (C=O) groups excluding carboxylic acids is 2. The van der Waals surface area contributed by atoms with Gasteiger partial charge in [0.1, 0.15) is 6.42 Å². The summed E-state index contributed by atoms with van der Waals surface area (Å²) in [5.41, 5.74) is 2.98. The molecule has 0 aliphatic heterocycles. The topological polar surface area (TPSA) is 58.2 Å². The van der Waals surface area contributed by atoms with Crippen LogP contribution in [0.25, 0.3) is 0 Å². The predicted molar refractivity (Wildman–Crippen MR) is 96.9 cm³/mol. The maximum Gasteiger partial charge on any atom is 0.233 e. The van der Waals surface area contributed by atoms with Crippen molar-refractivity contribution in [3.8, 4) is 0 Å². The number of hydrogen-bond acceptors (Lipinski definition) is 2. The van der Waals surface area contributed by atoms with E-state index in [0.29, 0.717) is 16.4 Å². The molecule has 0 spiro atoms. The molecule has 0 heterocycles.